The molecular formula is C14H20INO2. The molecule has 0 aliphatic carbocycles. The second-order valence-electron chi connectivity index (χ2n) is 4.81. The highest BCUT2D eigenvalue weighted by Crippen LogP contribution is 2.31. The standard InChI is InChI=1S/C14H20NO2.HI/c1-3-17-14(16)11-15(2)10-6-8-12-7-4-5-9-13(12)15;/h4-5,7,9H,3,6,8,10-11H2,1-2H3;1H/q+1;/p-1. The first kappa shape index (κ1) is 15.4. The molecule has 2 rings (SSSR count). The lowest BCUT2D eigenvalue weighted by Gasteiger charge is -2.37. The molecule has 1 aliphatic heterocycles. The zero-order chi connectivity index (χ0) is 12.3. The molecule has 100 valence electrons. The fraction of sp³-hybridized carbons (Fsp3) is 0.500. The van der Waals surface area contributed by atoms with Crippen molar-refractivity contribution in [1.29, 1.82) is 0 Å². The number of hydrogen-bond acceptors (Lipinski definition) is 2. The summed E-state index contributed by atoms with van der Waals surface area (Å²) in [5.74, 6) is -0.105. The number of carbonyl (C=O) groups is 1. The highest BCUT2D eigenvalue weighted by atomic mass is 127. The fourth-order valence-electron chi connectivity index (χ4n) is 2.64. The van der Waals surface area contributed by atoms with Gasteiger partial charge in [0.2, 0.25) is 0 Å². The summed E-state index contributed by atoms with van der Waals surface area (Å²) < 4.78 is 5.75. The number of halogens is 1. The van der Waals surface area contributed by atoms with Crippen molar-refractivity contribution < 1.29 is 33.5 Å². The Morgan fingerprint density at radius 1 is 1.39 bits per heavy atom. The van der Waals surface area contributed by atoms with Gasteiger partial charge in [-0.05, 0) is 19.4 Å². The van der Waals surface area contributed by atoms with Crippen molar-refractivity contribution in [1.82, 2.24) is 4.48 Å². The van der Waals surface area contributed by atoms with Crippen LogP contribution >= 0.6 is 0 Å². The number of benzene rings is 1. The largest absolute Gasteiger partial charge is 1.00 e. The Bertz CT molecular complexity index is 422. The summed E-state index contributed by atoms with van der Waals surface area (Å²) in [6, 6.07) is 8.41. The molecule has 1 unspecified atom stereocenters. The minimum absolute atomic E-state index is 0. The molecule has 0 saturated carbocycles. The number of nitrogens with zero attached hydrogens (tertiary/aromatic N) is 1. The Morgan fingerprint density at radius 2 is 2.11 bits per heavy atom. The number of aryl methyl sites for hydroxylation is 1. The number of hydrogen-bond donors (Lipinski definition) is 0. The Kier molecular flexibility index (Phi) is 5.59. The number of carbonyl (C=O) groups excluding carboxylic acids is 1. The number of quaternary nitrogens is 1. The van der Waals surface area contributed by atoms with Crippen LogP contribution in [0.25, 0.3) is 0 Å². The van der Waals surface area contributed by atoms with Crippen molar-refractivity contribution in [3.05, 3.63) is 29.8 Å². The van der Waals surface area contributed by atoms with Crippen LogP contribution in [0.2, 0.25) is 0 Å². The van der Waals surface area contributed by atoms with Crippen LogP contribution in [-0.4, -0.2) is 32.7 Å². The zero-order valence-corrected chi connectivity index (χ0v) is 13.1. The Balaban J connectivity index is 0.00000162. The van der Waals surface area contributed by atoms with Crippen LogP contribution in [-0.2, 0) is 16.0 Å². The van der Waals surface area contributed by atoms with E-state index < -0.39 is 0 Å². The van der Waals surface area contributed by atoms with E-state index >= 15 is 0 Å². The molecule has 0 N–H and O–H groups in total. The Morgan fingerprint density at radius 3 is 2.83 bits per heavy atom. The molecule has 0 radical (unpaired) electrons. The van der Waals surface area contributed by atoms with Gasteiger partial charge in [-0.25, -0.2) is 4.79 Å². The predicted molar refractivity (Wildman–Crippen MR) is 68.8 cm³/mol. The second-order valence-corrected chi connectivity index (χ2v) is 4.81. The van der Waals surface area contributed by atoms with E-state index in [0.29, 0.717) is 17.6 Å². The van der Waals surface area contributed by atoms with Crippen LogP contribution in [0.3, 0.4) is 0 Å². The average Bonchev–Trinajstić information content (AvgIpc) is 2.29. The molecule has 0 aromatic heterocycles. The quantitative estimate of drug-likeness (QED) is 0.398. The normalized spacial score (nSPS) is 21.7. The number of rotatable bonds is 3. The Hall–Kier alpha value is -0.620. The maximum atomic E-state index is 11.7. The van der Waals surface area contributed by atoms with Gasteiger partial charge >= 0.3 is 5.97 Å². The van der Waals surface area contributed by atoms with Crippen molar-refractivity contribution >= 4 is 11.7 Å². The number of ether oxygens (including phenoxy) is 1. The van der Waals surface area contributed by atoms with Gasteiger partial charge in [0, 0.05) is 12.0 Å². The summed E-state index contributed by atoms with van der Waals surface area (Å²) in [7, 11) is 2.12. The van der Waals surface area contributed by atoms with E-state index in [4.69, 9.17) is 4.74 Å². The van der Waals surface area contributed by atoms with Gasteiger partial charge in [0.1, 0.15) is 5.69 Å². The van der Waals surface area contributed by atoms with Gasteiger partial charge in [-0.3, -0.25) is 4.48 Å². The lowest BCUT2D eigenvalue weighted by atomic mass is 9.99. The van der Waals surface area contributed by atoms with Gasteiger partial charge in [0.05, 0.1) is 20.2 Å². The molecule has 0 bridgehead atoms. The SMILES string of the molecule is CCOC(=O)C[N+]1(C)CCCc2ccccc21.[I-]. The minimum Gasteiger partial charge on any atom is -1.00 e. The fourth-order valence-corrected chi connectivity index (χ4v) is 2.64. The average molecular weight is 361 g/mol. The van der Waals surface area contributed by atoms with E-state index in [2.05, 4.69) is 25.2 Å². The second kappa shape index (κ2) is 6.52. The van der Waals surface area contributed by atoms with Crippen LogP contribution in [0.5, 0.6) is 0 Å². The van der Waals surface area contributed by atoms with E-state index in [9.17, 15) is 4.79 Å². The lowest BCUT2D eigenvalue weighted by molar-refractivity contribution is -0.143. The van der Waals surface area contributed by atoms with Crippen molar-refractivity contribution in [3.8, 4) is 0 Å². The van der Waals surface area contributed by atoms with Gasteiger partial charge in [-0.15, -0.1) is 0 Å². The third-order valence-corrected chi connectivity index (χ3v) is 3.45. The number of fused-ring (bicyclic) bond motifs is 1. The number of likely N-dealkylation sites (N-methyl/N-ethyl adjacent to an activating group) is 1. The lowest BCUT2D eigenvalue weighted by Crippen LogP contribution is -3.00. The van der Waals surface area contributed by atoms with E-state index in [1.807, 2.05) is 13.0 Å². The molecule has 0 amide bonds. The molecule has 0 fully saturated rings. The van der Waals surface area contributed by atoms with Crippen LogP contribution < -0.4 is 28.5 Å². The van der Waals surface area contributed by atoms with E-state index in [-0.39, 0.29) is 29.9 Å². The third kappa shape index (κ3) is 3.23. The summed E-state index contributed by atoms with van der Waals surface area (Å²) in [5, 5.41) is 0. The van der Waals surface area contributed by atoms with Gasteiger partial charge in [0.15, 0.2) is 6.54 Å². The maximum Gasteiger partial charge on any atom is 0.362 e. The van der Waals surface area contributed by atoms with Gasteiger partial charge in [-0.1, -0.05) is 18.2 Å². The van der Waals surface area contributed by atoms with Crippen LogP contribution in [0.1, 0.15) is 18.9 Å². The van der Waals surface area contributed by atoms with Gasteiger partial charge < -0.3 is 28.7 Å². The molecule has 1 aromatic carbocycles. The molecule has 1 aliphatic rings. The summed E-state index contributed by atoms with van der Waals surface area (Å²) in [6.07, 6.45) is 2.25. The van der Waals surface area contributed by atoms with Crippen molar-refractivity contribution in [3.63, 3.8) is 0 Å². The van der Waals surface area contributed by atoms with E-state index in [1.165, 1.54) is 11.3 Å². The highest BCUT2D eigenvalue weighted by molar-refractivity contribution is 5.75. The number of para-hydroxylation sites is 1. The first-order valence-electron chi connectivity index (χ1n) is 6.24. The molecule has 18 heavy (non-hydrogen) atoms. The van der Waals surface area contributed by atoms with Crippen LogP contribution in [0, 0.1) is 0 Å². The highest BCUT2D eigenvalue weighted by Gasteiger charge is 2.33. The topological polar surface area (TPSA) is 26.3 Å². The van der Waals surface area contributed by atoms with Crippen molar-refractivity contribution in [2.24, 2.45) is 0 Å². The number of esters is 1. The zero-order valence-electron chi connectivity index (χ0n) is 11.0. The van der Waals surface area contributed by atoms with E-state index in [0.717, 1.165) is 19.4 Å². The summed E-state index contributed by atoms with van der Waals surface area (Å²) in [4.78, 5) is 11.7. The third-order valence-electron chi connectivity index (χ3n) is 3.45. The van der Waals surface area contributed by atoms with Gasteiger partial charge in [-0.2, -0.15) is 0 Å². The smallest absolute Gasteiger partial charge is 0.362 e. The molecular weight excluding hydrogens is 341 g/mol. The summed E-state index contributed by atoms with van der Waals surface area (Å²) in [5.41, 5.74) is 2.64. The monoisotopic (exact) mass is 361 g/mol. The van der Waals surface area contributed by atoms with E-state index in [1.54, 1.807) is 0 Å². The summed E-state index contributed by atoms with van der Waals surface area (Å²) >= 11 is 0. The van der Waals surface area contributed by atoms with Crippen LogP contribution in [0.15, 0.2) is 24.3 Å². The minimum atomic E-state index is -0.105. The van der Waals surface area contributed by atoms with Gasteiger partial charge in [0.25, 0.3) is 0 Å². The molecule has 0 saturated heterocycles. The van der Waals surface area contributed by atoms with Crippen molar-refractivity contribution in [2.45, 2.75) is 19.8 Å². The maximum absolute atomic E-state index is 11.7. The molecule has 0 spiro atoms. The Labute approximate surface area is 126 Å². The molecule has 1 heterocycles. The van der Waals surface area contributed by atoms with Crippen LogP contribution in [0.4, 0.5) is 5.69 Å². The predicted octanol–water partition coefficient (Wildman–Crippen LogP) is -0.863. The first-order valence-corrected chi connectivity index (χ1v) is 6.24. The first-order chi connectivity index (χ1) is 8.15. The molecule has 3 nitrogen and oxygen atoms in total. The van der Waals surface area contributed by atoms with Crippen molar-refractivity contribution in [2.75, 3.05) is 26.7 Å². The molecule has 1 aromatic rings. The molecule has 1 atom stereocenters. The summed E-state index contributed by atoms with van der Waals surface area (Å²) in [6.45, 7) is 3.75. The molecule has 4 heteroatoms.